The number of fused-ring (bicyclic) bond motifs is 1. The topological polar surface area (TPSA) is 83.6 Å². The fourth-order valence-corrected chi connectivity index (χ4v) is 3.58. The highest BCUT2D eigenvalue weighted by molar-refractivity contribution is 7.92. The van der Waals surface area contributed by atoms with Crippen LogP contribution in [0.2, 0.25) is 0 Å². The Hall–Kier alpha value is -2.67. The van der Waals surface area contributed by atoms with E-state index in [1.807, 2.05) is 19.1 Å². The van der Waals surface area contributed by atoms with Gasteiger partial charge in [0.1, 0.15) is 0 Å². The summed E-state index contributed by atoms with van der Waals surface area (Å²) in [6.07, 6.45) is 0. The molecule has 0 bridgehead atoms. The molecule has 0 saturated carbocycles. The van der Waals surface area contributed by atoms with Crippen molar-refractivity contribution in [1.29, 1.82) is 0 Å². The van der Waals surface area contributed by atoms with Crippen LogP contribution in [0.15, 0.2) is 47.4 Å². The van der Waals surface area contributed by atoms with Crippen LogP contribution in [0.3, 0.4) is 0 Å². The molecule has 0 radical (unpaired) electrons. The third-order valence-corrected chi connectivity index (χ3v) is 5.54. The maximum absolute atomic E-state index is 12.7. The molecule has 1 aliphatic rings. The predicted octanol–water partition coefficient (Wildman–Crippen LogP) is 1.70. The first-order chi connectivity index (χ1) is 10.8. The standard InChI is InChI=1S/C16H14N2O4S/c1-10-3-5-11(6-4-10)18(2)23(21,22)12-7-8-13-14(9-12)16(20)17-15(13)19/h3-9H,1-2H3,(H,17,19,20). The molecule has 1 aliphatic heterocycles. The highest BCUT2D eigenvalue weighted by Crippen LogP contribution is 2.25. The Morgan fingerprint density at radius 3 is 2.17 bits per heavy atom. The van der Waals surface area contributed by atoms with Crippen LogP contribution >= 0.6 is 0 Å². The summed E-state index contributed by atoms with van der Waals surface area (Å²) in [4.78, 5) is 23.2. The second-order valence-electron chi connectivity index (χ2n) is 5.30. The Labute approximate surface area is 133 Å². The molecule has 6 nitrogen and oxygen atoms in total. The summed E-state index contributed by atoms with van der Waals surface area (Å²) in [5, 5.41) is 2.14. The number of hydrogen-bond acceptors (Lipinski definition) is 4. The van der Waals surface area contributed by atoms with E-state index >= 15 is 0 Å². The molecule has 7 heteroatoms. The number of rotatable bonds is 3. The van der Waals surface area contributed by atoms with Crippen molar-refractivity contribution in [3.8, 4) is 0 Å². The van der Waals surface area contributed by atoms with Gasteiger partial charge in [-0.05, 0) is 37.3 Å². The largest absolute Gasteiger partial charge is 0.288 e. The lowest BCUT2D eigenvalue weighted by Gasteiger charge is -2.20. The molecule has 118 valence electrons. The SMILES string of the molecule is Cc1ccc(N(C)S(=O)(=O)c2ccc3c(c2)C(=O)NC3=O)cc1. The predicted molar refractivity (Wildman–Crippen MR) is 85.0 cm³/mol. The number of amides is 2. The van der Waals surface area contributed by atoms with E-state index in [1.54, 1.807) is 12.1 Å². The number of aryl methyl sites for hydroxylation is 1. The van der Waals surface area contributed by atoms with Crippen LogP contribution < -0.4 is 9.62 Å². The van der Waals surface area contributed by atoms with Crippen LogP contribution in [0.1, 0.15) is 26.3 Å². The van der Waals surface area contributed by atoms with Crippen molar-refractivity contribution in [2.24, 2.45) is 0 Å². The Kier molecular flexibility index (Phi) is 3.45. The zero-order chi connectivity index (χ0) is 16.8. The quantitative estimate of drug-likeness (QED) is 0.868. The minimum absolute atomic E-state index is 0.0378. The van der Waals surface area contributed by atoms with E-state index in [0.29, 0.717) is 5.69 Å². The summed E-state index contributed by atoms with van der Waals surface area (Å²) in [7, 11) is -2.38. The fraction of sp³-hybridized carbons (Fsp3) is 0.125. The first-order valence-corrected chi connectivity index (χ1v) is 8.30. The minimum atomic E-state index is -3.83. The molecule has 2 aromatic carbocycles. The number of nitrogens with one attached hydrogen (secondary N) is 1. The van der Waals surface area contributed by atoms with Gasteiger partial charge in [0.05, 0.1) is 21.7 Å². The molecule has 3 rings (SSSR count). The molecular weight excluding hydrogens is 316 g/mol. The number of benzene rings is 2. The third kappa shape index (κ3) is 2.49. The maximum atomic E-state index is 12.7. The lowest BCUT2D eigenvalue weighted by atomic mass is 10.1. The van der Waals surface area contributed by atoms with Gasteiger partial charge in [0.2, 0.25) is 0 Å². The van der Waals surface area contributed by atoms with Crippen molar-refractivity contribution in [3.63, 3.8) is 0 Å². The van der Waals surface area contributed by atoms with Gasteiger partial charge >= 0.3 is 0 Å². The smallest absolute Gasteiger partial charge is 0.264 e. The number of imide groups is 1. The summed E-state index contributed by atoms with van der Waals surface area (Å²) in [6, 6.07) is 11.0. The molecule has 2 aromatic rings. The number of hydrogen-bond donors (Lipinski definition) is 1. The molecule has 0 aromatic heterocycles. The molecule has 0 aliphatic carbocycles. The van der Waals surface area contributed by atoms with Crippen LogP contribution in [0.4, 0.5) is 5.69 Å². The number of carbonyl (C=O) groups is 2. The number of anilines is 1. The van der Waals surface area contributed by atoms with Gasteiger partial charge in [-0.3, -0.25) is 19.2 Å². The highest BCUT2D eigenvalue weighted by atomic mass is 32.2. The van der Waals surface area contributed by atoms with Gasteiger partial charge in [0.15, 0.2) is 0 Å². The van der Waals surface area contributed by atoms with E-state index in [-0.39, 0.29) is 16.0 Å². The second kappa shape index (κ2) is 5.20. The van der Waals surface area contributed by atoms with Gasteiger partial charge in [-0.2, -0.15) is 0 Å². The van der Waals surface area contributed by atoms with Crippen LogP contribution in [0.5, 0.6) is 0 Å². The molecule has 0 unspecified atom stereocenters. The molecule has 0 fully saturated rings. The number of nitrogens with zero attached hydrogens (tertiary/aromatic N) is 1. The van der Waals surface area contributed by atoms with Crippen molar-refractivity contribution in [2.75, 3.05) is 11.4 Å². The van der Waals surface area contributed by atoms with Gasteiger partial charge in [-0.1, -0.05) is 17.7 Å². The van der Waals surface area contributed by atoms with Gasteiger partial charge in [0.25, 0.3) is 21.8 Å². The molecule has 0 atom stereocenters. The summed E-state index contributed by atoms with van der Waals surface area (Å²) in [5.74, 6) is -1.10. The van der Waals surface area contributed by atoms with Crippen LogP contribution in [0, 0.1) is 6.92 Å². The molecule has 2 amide bonds. The van der Waals surface area contributed by atoms with Gasteiger partial charge in [0, 0.05) is 7.05 Å². The van der Waals surface area contributed by atoms with E-state index in [1.165, 1.54) is 25.2 Å². The van der Waals surface area contributed by atoms with Gasteiger partial charge in [-0.25, -0.2) is 8.42 Å². The monoisotopic (exact) mass is 330 g/mol. The van der Waals surface area contributed by atoms with E-state index in [4.69, 9.17) is 0 Å². The van der Waals surface area contributed by atoms with E-state index in [9.17, 15) is 18.0 Å². The maximum Gasteiger partial charge on any atom is 0.264 e. The van der Waals surface area contributed by atoms with Crippen LogP contribution in [-0.4, -0.2) is 27.3 Å². The van der Waals surface area contributed by atoms with Crippen molar-refractivity contribution in [3.05, 3.63) is 59.2 Å². The second-order valence-corrected chi connectivity index (χ2v) is 7.27. The Morgan fingerprint density at radius 1 is 0.913 bits per heavy atom. The lowest BCUT2D eigenvalue weighted by molar-refractivity contribution is 0.0879. The van der Waals surface area contributed by atoms with Crippen molar-refractivity contribution < 1.29 is 18.0 Å². The minimum Gasteiger partial charge on any atom is -0.288 e. The van der Waals surface area contributed by atoms with Crippen molar-refractivity contribution in [2.45, 2.75) is 11.8 Å². The molecule has 23 heavy (non-hydrogen) atoms. The zero-order valence-corrected chi connectivity index (χ0v) is 13.3. The van der Waals surface area contributed by atoms with Crippen molar-refractivity contribution in [1.82, 2.24) is 5.32 Å². The average molecular weight is 330 g/mol. The Balaban J connectivity index is 2.03. The highest BCUT2D eigenvalue weighted by Gasteiger charge is 2.30. The number of carbonyl (C=O) groups excluding carboxylic acids is 2. The van der Waals surface area contributed by atoms with Crippen molar-refractivity contribution >= 4 is 27.5 Å². The van der Waals surface area contributed by atoms with E-state index < -0.39 is 21.8 Å². The summed E-state index contributed by atoms with van der Waals surface area (Å²) in [6.45, 7) is 1.91. The summed E-state index contributed by atoms with van der Waals surface area (Å²) in [5.41, 5.74) is 1.80. The summed E-state index contributed by atoms with van der Waals surface area (Å²) >= 11 is 0. The van der Waals surface area contributed by atoms with Crippen LogP contribution in [0.25, 0.3) is 0 Å². The normalized spacial score (nSPS) is 13.7. The summed E-state index contributed by atoms with van der Waals surface area (Å²) < 4.78 is 26.6. The van der Waals surface area contributed by atoms with Gasteiger partial charge in [-0.15, -0.1) is 0 Å². The lowest BCUT2D eigenvalue weighted by Crippen LogP contribution is -2.26. The van der Waals surface area contributed by atoms with Crippen LogP contribution in [-0.2, 0) is 10.0 Å². The first kappa shape index (κ1) is 15.2. The molecule has 1 N–H and O–H groups in total. The third-order valence-electron chi connectivity index (χ3n) is 3.76. The molecule has 1 heterocycles. The Morgan fingerprint density at radius 2 is 1.52 bits per heavy atom. The number of sulfonamides is 1. The fourth-order valence-electron chi connectivity index (χ4n) is 2.36. The average Bonchev–Trinajstić information content (AvgIpc) is 2.81. The van der Waals surface area contributed by atoms with Gasteiger partial charge < -0.3 is 0 Å². The first-order valence-electron chi connectivity index (χ1n) is 6.86. The van der Waals surface area contributed by atoms with E-state index in [2.05, 4.69) is 5.32 Å². The molecule has 0 spiro atoms. The zero-order valence-electron chi connectivity index (χ0n) is 12.5. The van der Waals surface area contributed by atoms with E-state index in [0.717, 1.165) is 9.87 Å². The molecule has 0 saturated heterocycles. The Bertz CT molecular complexity index is 918. The molecular formula is C16H14N2O4S.